The highest BCUT2D eigenvalue weighted by atomic mass is 16.5. The average Bonchev–Trinajstić information content (AvgIpc) is 2.62. The highest BCUT2D eigenvalue weighted by molar-refractivity contribution is 5.85. The number of hydrogen-bond donors (Lipinski definition) is 2. The number of carboxylic acid groups (broad SMARTS) is 1. The van der Waals surface area contributed by atoms with E-state index in [-0.39, 0.29) is 6.10 Å². The highest BCUT2D eigenvalue weighted by Gasteiger charge is 2.00. The maximum atomic E-state index is 10.5. The Balaban J connectivity index is 2.00. The number of aliphatic carboxylic acids is 1. The lowest BCUT2D eigenvalue weighted by Gasteiger charge is -2.07. The van der Waals surface area contributed by atoms with E-state index in [1.165, 1.54) is 32.1 Å². The summed E-state index contributed by atoms with van der Waals surface area (Å²) in [6.45, 7) is 2.74. The standard InChI is InChI=1S/C21H32O4/c1-2-19(22)10-8-6-4-3-5-7-9-17-25-20-14-11-18(12-15-20)13-16-21(23)24/h11-16,19,22H,2-10,17H2,1H3,(H,23,24)/b16-13+. The Morgan fingerprint density at radius 3 is 2.24 bits per heavy atom. The molecule has 25 heavy (non-hydrogen) atoms. The monoisotopic (exact) mass is 348 g/mol. The number of carboxylic acids is 1. The zero-order valence-electron chi connectivity index (χ0n) is 15.3. The summed E-state index contributed by atoms with van der Waals surface area (Å²) in [7, 11) is 0. The molecule has 0 aromatic heterocycles. The zero-order chi connectivity index (χ0) is 18.3. The van der Waals surface area contributed by atoms with Gasteiger partial charge in [0.15, 0.2) is 0 Å². The second kappa shape index (κ2) is 13.5. The van der Waals surface area contributed by atoms with Crippen LogP contribution >= 0.6 is 0 Å². The second-order valence-corrected chi connectivity index (χ2v) is 6.41. The molecule has 1 aromatic carbocycles. The predicted molar refractivity (Wildman–Crippen MR) is 102 cm³/mol. The van der Waals surface area contributed by atoms with Crippen LogP contribution in [0.5, 0.6) is 5.75 Å². The number of benzene rings is 1. The molecule has 140 valence electrons. The van der Waals surface area contributed by atoms with E-state index < -0.39 is 5.97 Å². The van der Waals surface area contributed by atoms with Gasteiger partial charge in [-0.15, -0.1) is 0 Å². The van der Waals surface area contributed by atoms with Crippen LogP contribution in [-0.4, -0.2) is 28.9 Å². The van der Waals surface area contributed by atoms with Crippen molar-refractivity contribution >= 4 is 12.0 Å². The van der Waals surface area contributed by atoms with Crippen molar-refractivity contribution in [3.8, 4) is 5.75 Å². The summed E-state index contributed by atoms with van der Waals surface area (Å²) in [5, 5.41) is 18.1. The normalized spacial score (nSPS) is 12.4. The molecule has 2 N–H and O–H groups in total. The fourth-order valence-electron chi connectivity index (χ4n) is 2.60. The van der Waals surface area contributed by atoms with Crippen LogP contribution in [0.25, 0.3) is 6.08 Å². The molecule has 0 aliphatic rings. The summed E-state index contributed by atoms with van der Waals surface area (Å²) in [5.41, 5.74) is 0.848. The molecule has 0 bridgehead atoms. The minimum atomic E-state index is -0.945. The van der Waals surface area contributed by atoms with E-state index in [2.05, 4.69) is 0 Å². The van der Waals surface area contributed by atoms with Gasteiger partial charge in [-0.1, -0.05) is 57.6 Å². The first kappa shape index (κ1) is 21.2. The lowest BCUT2D eigenvalue weighted by atomic mass is 10.1. The van der Waals surface area contributed by atoms with Crippen LogP contribution in [0.4, 0.5) is 0 Å². The van der Waals surface area contributed by atoms with Crippen LogP contribution in [0.2, 0.25) is 0 Å². The van der Waals surface area contributed by atoms with E-state index in [0.717, 1.165) is 43.1 Å². The van der Waals surface area contributed by atoms with Gasteiger partial charge in [0.1, 0.15) is 5.75 Å². The summed E-state index contributed by atoms with van der Waals surface area (Å²) in [6, 6.07) is 7.44. The van der Waals surface area contributed by atoms with E-state index in [0.29, 0.717) is 6.61 Å². The lowest BCUT2D eigenvalue weighted by Crippen LogP contribution is -2.03. The molecular formula is C21H32O4. The van der Waals surface area contributed by atoms with Crippen molar-refractivity contribution in [2.45, 2.75) is 70.8 Å². The third kappa shape index (κ3) is 11.4. The zero-order valence-corrected chi connectivity index (χ0v) is 15.3. The van der Waals surface area contributed by atoms with E-state index >= 15 is 0 Å². The fourth-order valence-corrected chi connectivity index (χ4v) is 2.60. The minimum Gasteiger partial charge on any atom is -0.494 e. The number of carbonyl (C=O) groups is 1. The maximum Gasteiger partial charge on any atom is 0.328 e. The molecule has 0 spiro atoms. The molecule has 4 nitrogen and oxygen atoms in total. The largest absolute Gasteiger partial charge is 0.494 e. The number of unbranched alkanes of at least 4 members (excludes halogenated alkanes) is 6. The Bertz CT molecular complexity index is 493. The number of rotatable bonds is 14. The number of aliphatic hydroxyl groups is 1. The summed E-state index contributed by atoms with van der Waals surface area (Å²) >= 11 is 0. The van der Waals surface area contributed by atoms with Gasteiger partial charge >= 0.3 is 5.97 Å². The van der Waals surface area contributed by atoms with Crippen LogP contribution in [0.15, 0.2) is 30.3 Å². The highest BCUT2D eigenvalue weighted by Crippen LogP contribution is 2.15. The maximum absolute atomic E-state index is 10.5. The summed E-state index contributed by atoms with van der Waals surface area (Å²) in [4.78, 5) is 10.5. The third-order valence-electron chi connectivity index (χ3n) is 4.22. The Morgan fingerprint density at radius 2 is 1.64 bits per heavy atom. The number of hydrogen-bond acceptors (Lipinski definition) is 3. The van der Waals surface area contributed by atoms with Crippen molar-refractivity contribution in [3.05, 3.63) is 35.9 Å². The molecule has 0 saturated heterocycles. The van der Waals surface area contributed by atoms with Crippen molar-refractivity contribution in [3.63, 3.8) is 0 Å². The van der Waals surface area contributed by atoms with Gasteiger partial charge in [0, 0.05) is 6.08 Å². The first-order valence-corrected chi connectivity index (χ1v) is 9.43. The molecule has 0 amide bonds. The minimum absolute atomic E-state index is 0.112. The average molecular weight is 348 g/mol. The molecule has 0 aliphatic carbocycles. The molecule has 1 aromatic rings. The molecule has 0 aliphatic heterocycles. The topological polar surface area (TPSA) is 66.8 Å². The molecule has 0 heterocycles. The number of ether oxygens (including phenoxy) is 1. The molecule has 0 fully saturated rings. The Labute approximate surface area is 151 Å². The Hall–Kier alpha value is -1.81. The molecule has 4 heteroatoms. The Kier molecular flexibility index (Phi) is 11.4. The van der Waals surface area contributed by atoms with Gasteiger partial charge in [0.2, 0.25) is 0 Å². The SMILES string of the molecule is CCC(O)CCCCCCCCCOc1ccc(/C=C/C(=O)O)cc1. The van der Waals surface area contributed by atoms with Crippen LogP contribution in [0, 0.1) is 0 Å². The molecule has 0 saturated carbocycles. The third-order valence-corrected chi connectivity index (χ3v) is 4.22. The van der Waals surface area contributed by atoms with Gasteiger partial charge in [0.05, 0.1) is 12.7 Å². The van der Waals surface area contributed by atoms with E-state index in [1.807, 2.05) is 31.2 Å². The number of aliphatic hydroxyl groups excluding tert-OH is 1. The summed E-state index contributed by atoms with van der Waals surface area (Å²) in [5.74, 6) is -0.124. The molecule has 0 radical (unpaired) electrons. The van der Waals surface area contributed by atoms with Crippen molar-refractivity contribution in [2.75, 3.05) is 6.61 Å². The van der Waals surface area contributed by atoms with Crippen molar-refractivity contribution < 1.29 is 19.7 Å². The Morgan fingerprint density at radius 1 is 1.04 bits per heavy atom. The van der Waals surface area contributed by atoms with Crippen LogP contribution in [0.1, 0.15) is 70.3 Å². The summed E-state index contributed by atoms with van der Waals surface area (Å²) < 4.78 is 5.70. The fraction of sp³-hybridized carbons (Fsp3) is 0.571. The quantitative estimate of drug-likeness (QED) is 0.364. The second-order valence-electron chi connectivity index (χ2n) is 6.41. The van der Waals surface area contributed by atoms with Gasteiger partial charge in [-0.05, 0) is 43.0 Å². The molecule has 1 unspecified atom stereocenters. The molecule has 1 rings (SSSR count). The van der Waals surface area contributed by atoms with Crippen LogP contribution in [0.3, 0.4) is 0 Å². The van der Waals surface area contributed by atoms with E-state index in [1.54, 1.807) is 6.08 Å². The first-order chi connectivity index (χ1) is 12.1. The smallest absolute Gasteiger partial charge is 0.328 e. The van der Waals surface area contributed by atoms with Crippen LogP contribution in [-0.2, 0) is 4.79 Å². The predicted octanol–water partition coefficient (Wildman–Crippen LogP) is 5.05. The van der Waals surface area contributed by atoms with Gasteiger partial charge in [0.25, 0.3) is 0 Å². The summed E-state index contributed by atoms with van der Waals surface area (Å²) in [6.07, 6.45) is 12.7. The van der Waals surface area contributed by atoms with Crippen molar-refractivity contribution in [1.82, 2.24) is 0 Å². The van der Waals surface area contributed by atoms with Gasteiger partial charge in [-0.2, -0.15) is 0 Å². The van der Waals surface area contributed by atoms with Crippen LogP contribution < -0.4 is 4.74 Å². The van der Waals surface area contributed by atoms with Gasteiger partial charge in [-0.3, -0.25) is 0 Å². The van der Waals surface area contributed by atoms with E-state index in [4.69, 9.17) is 9.84 Å². The van der Waals surface area contributed by atoms with Gasteiger partial charge in [-0.25, -0.2) is 4.79 Å². The lowest BCUT2D eigenvalue weighted by molar-refractivity contribution is -0.131. The first-order valence-electron chi connectivity index (χ1n) is 9.43. The van der Waals surface area contributed by atoms with E-state index in [9.17, 15) is 9.90 Å². The van der Waals surface area contributed by atoms with Crippen molar-refractivity contribution in [2.24, 2.45) is 0 Å². The molecule has 1 atom stereocenters. The molecular weight excluding hydrogens is 316 g/mol. The van der Waals surface area contributed by atoms with Gasteiger partial charge < -0.3 is 14.9 Å². The van der Waals surface area contributed by atoms with Crippen molar-refractivity contribution in [1.29, 1.82) is 0 Å².